The topological polar surface area (TPSA) is 163 Å². The quantitative estimate of drug-likeness (QED) is 0.148. The molecule has 0 spiro atoms. The first kappa shape index (κ1) is 29.3. The van der Waals surface area contributed by atoms with Crippen molar-refractivity contribution in [3.8, 4) is 16.9 Å². The molecule has 0 unspecified atom stereocenters. The van der Waals surface area contributed by atoms with Gasteiger partial charge in [0.1, 0.15) is 16.7 Å². The van der Waals surface area contributed by atoms with Gasteiger partial charge in [0.25, 0.3) is 0 Å². The number of carbonyl (C=O) groups excluding carboxylic acids is 1. The molecule has 220 valence electrons. The minimum atomic E-state index is -4.33. The Balaban J connectivity index is 1.35. The highest BCUT2D eigenvalue weighted by molar-refractivity contribution is 7.89. The van der Waals surface area contributed by atoms with Crippen molar-refractivity contribution in [2.75, 3.05) is 17.7 Å². The smallest absolute Gasteiger partial charge is 0.326 e. The standard InChI is InChI=1S/C31H29N5O6S/c1-19-10-12-20(13-11-19)16-26(29(37)38)36-43(40,41)28-18-22(14-15-27(28)42-2)21-6-5-7-23(17-21)32-31(39)35-30-33-24-8-3-4-9-25(24)34-30/h3-15,17-18,26,36H,16H2,1-2H3,(H,37,38)(H3,32,33,34,35,39)/t26-/m0/s1. The average molecular weight is 600 g/mol. The third kappa shape index (κ3) is 7.00. The van der Waals surface area contributed by atoms with E-state index >= 15 is 0 Å². The Hall–Kier alpha value is -5.20. The van der Waals surface area contributed by atoms with Crippen LogP contribution in [-0.4, -0.2) is 48.6 Å². The average Bonchev–Trinajstić information content (AvgIpc) is 3.39. The minimum absolute atomic E-state index is 0.0410. The summed E-state index contributed by atoms with van der Waals surface area (Å²) in [7, 11) is -2.99. The number of aromatic amines is 1. The molecule has 1 atom stereocenters. The number of rotatable bonds is 10. The molecule has 11 nitrogen and oxygen atoms in total. The summed E-state index contributed by atoms with van der Waals surface area (Å²) >= 11 is 0. The number of hydrogen-bond acceptors (Lipinski definition) is 6. The van der Waals surface area contributed by atoms with Crippen LogP contribution in [0, 0.1) is 6.92 Å². The molecule has 5 rings (SSSR count). The Kier molecular flexibility index (Phi) is 8.41. The van der Waals surface area contributed by atoms with Crippen molar-refractivity contribution in [2.45, 2.75) is 24.3 Å². The Morgan fingerprint density at radius 3 is 2.40 bits per heavy atom. The van der Waals surface area contributed by atoms with E-state index in [0.29, 0.717) is 27.9 Å². The number of hydrogen-bond donors (Lipinski definition) is 5. The zero-order valence-electron chi connectivity index (χ0n) is 23.3. The maximum absolute atomic E-state index is 13.5. The van der Waals surface area contributed by atoms with Crippen LogP contribution in [-0.2, 0) is 21.2 Å². The van der Waals surface area contributed by atoms with Gasteiger partial charge >= 0.3 is 12.0 Å². The van der Waals surface area contributed by atoms with Gasteiger partial charge in [-0.15, -0.1) is 0 Å². The molecule has 0 fully saturated rings. The van der Waals surface area contributed by atoms with E-state index in [4.69, 9.17) is 4.74 Å². The van der Waals surface area contributed by atoms with Crippen LogP contribution in [0.5, 0.6) is 5.75 Å². The molecule has 0 saturated carbocycles. The lowest BCUT2D eigenvalue weighted by atomic mass is 10.0. The molecule has 0 radical (unpaired) electrons. The second kappa shape index (κ2) is 12.3. The van der Waals surface area contributed by atoms with Crippen LogP contribution in [0.15, 0.2) is 95.9 Å². The highest BCUT2D eigenvalue weighted by atomic mass is 32.2. The van der Waals surface area contributed by atoms with Crippen LogP contribution in [0.4, 0.5) is 16.4 Å². The second-order valence-electron chi connectivity index (χ2n) is 9.83. The number of carboxylic acid groups (broad SMARTS) is 1. The fourth-order valence-electron chi connectivity index (χ4n) is 4.51. The minimum Gasteiger partial charge on any atom is -0.495 e. The normalized spacial score (nSPS) is 12.0. The molecule has 4 aromatic carbocycles. The van der Waals surface area contributed by atoms with Gasteiger partial charge in [-0.1, -0.05) is 60.2 Å². The number of aryl methyl sites for hydroxylation is 1. The van der Waals surface area contributed by atoms with E-state index in [1.54, 1.807) is 42.5 Å². The van der Waals surface area contributed by atoms with Gasteiger partial charge in [-0.25, -0.2) is 18.2 Å². The lowest BCUT2D eigenvalue weighted by Gasteiger charge is -2.17. The number of methoxy groups -OCH3 is 1. The van der Waals surface area contributed by atoms with Crippen molar-refractivity contribution < 1.29 is 27.9 Å². The number of sulfonamides is 1. The van der Waals surface area contributed by atoms with E-state index < -0.39 is 28.1 Å². The number of carboxylic acids is 1. The molecular formula is C31H29N5O6S. The van der Waals surface area contributed by atoms with Gasteiger partial charge in [-0.05, 0) is 66.4 Å². The molecule has 5 N–H and O–H groups in total. The lowest BCUT2D eigenvalue weighted by Crippen LogP contribution is -2.42. The number of benzene rings is 4. The van der Waals surface area contributed by atoms with Crippen LogP contribution in [0.1, 0.15) is 11.1 Å². The fourth-order valence-corrected chi connectivity index (χ4v) is 5.90. The monoisotopic (exact) mass is 599 g/mol. The third-order valence-corrected chi connectivity index (χ3v) is 8.18. The predicted octanol–water partition coefficient (Wildman–Crippen LogP) is 5.17. The molecule has 0 aliphatic rings. The molecule has 12 heteroatoms. The van der Waals surface area contributed by atoms with E-state index in [-0.39, 0.29) is 23.0 Å². The Labute approximate surface area is 248 Å². The van der Waals surface area contributed by atoms with Gasteiger partial charge in [-0.2, -0.15) is 4.72 Å². The van der Waals surface area contributed by atoms with E-state index in [2.05, 4.69) is 25.3 Å². The first-order chi connectivity index (χ1) is 20.6. The summed E-state index contributed by atoms with van der Waals surface area (Å²) < 4.78 is 34.6. The lowest BCUT2D eigenvalue weighted by molar-refractivity contribution is -0.138. The van der Waals surface area contributed by atoms with Crippen molar-refractivity contribution in [1.82, 2.24) is 14.7 Å². The van der Waals surface area contributed by atoms with Crippen LogP contribution in [0.3, 0.4) is 0 Å². The Morgan fingerprint density at radius 1 is 0.930 bits per heavy atom. The zero-order valence-corrected chi connectivity index (χ0v) is 24.1. The summed E-state index contributed by atoms with van der Waals surface area (Å²) in [5, 5.41) is 15.2. The largest absolute Gasteiger partial charge is 0.495 e. The maximum atomic E-state index is 13.5. The second-order valence-corrected chi connectivity index (χ2v) is 11.5. The first-order valence-electron chi connectivity index (χ1n) is 13.2. The van der Waals surface area contributed by atoms with E-state index in [1.807, 2.05) is 43.3 Å². The molecule has 0 saturated heterocycles. The predicted molar refractivity (Wildman–Crippen MR) is 164 cm³/mol. The molecule has 0 aliphatic heterocycles. The summed E-state index contributed by atoms with van der Waals surface area (Å²) in [5.41, 5.74) is 4.74. The number of fused-ring (bicyclic) bond motifs is 1. The molecule has 2 amide bonds. The number of carbonyl (C=O) groups is 2. The summed E-state index contributed by atoms with van der Waals surface area (Å²) in [6.07, 6.45) is -0.0410. The Bertz CT molecular complexity index is 1870. The molecule has 0 bridgehead atoms. The SMILES string of the molecule is COc1ccc(-c2cccc(NC(=O)Nc3nc4ccccc4[nH]3)c2)cc1S(=O)(=O)N[C@@H](Cc1ccc(C)cc1)C(=O)O. The van der Waals surface area contributed by atoms with Gasteiger partial charge in [0.15, 0.2) is 0 Å². The first-order valence-corrected chi connectivity index (χ1v) is 14.7. The molecule has 1 heterocycles. The number of H-pyrrole nitrogens is 1. The maximum Gasteiger partial charge on any atom is 0.326 e. The molecular weight excluding hydrogens is 570 g/mol. The highest BCUT2D eigenvalue weighted by Gasteiger charge is 2.28. The molecule has 43 heavy (non-hydrogen) atoms. The van der Waals surface area contributed by atoms with Crippen LogP contribution in [0.25, 0.3) is 22.2 Å². The summed E-state index contributed by atoms with van der Waals surface area (Å²) in [6, 6.07) is 24.1. The zero-order chi connectivity index (χ0) is 30.6. The Morgan fingerprint density at radius 2 is 1.67 bits per heavy atom. The summed E-state index contributed by atoms with van der Waals surface area (Å²) in [6.45, 7) is 1.91. The van der Waals surface area contributed by atoms with E-state index in [9.17, 15) is 23.1 Å². The number of anilines is 2. The number of urea groups is 1. The van der Waals surface area contributed by atoms with Crippen molar-refractivity contribution in [3.05, 3.63) is 102 Å². The van der Waals surface area contributed by atoms with Crippen molar-refractivity contribution in [1.29, 1.82) is 0 Å². The number of imidazole rings is 1. The third-order valence-electron chi connectivity index (χ3n) is 6.68. The number of nitrogens with one attached hydrogen (secondary N) is 4. The van der Waals surface area contributed by atoms with Crippen LogP contribution >= 0.6 is 0 Å². The van der Waals surface area contributed by atoms with Crippen LogP contribution < -0.4 is 20.1 Å². The van der Waals surface area contributed by atoms with Gasteiger partial charge in [0.2, 0.25) is 16.0 Å². The van der Waals surface area contributed by atoms with Crippen LogP contribution in [0.2, 0.25) is 0 Å². The highest BCUT2D eigenvalue weighted by Crippen LogP contribution is 2.31. The van der Waals surface area contributed by atoms with E-state index in [1.165, 1.54) is 19.2 Å². The molecule has 0 aliphatic carbocycles. The van der Waals surface area contributed by atoms with E-state index in [0.717, 1.165) is 11.1 Å². The molecule has 1 aromatic heterocycles. The van der Waals surface area contributed by atoms with Crippen molar-refractivity contribution in [2.24, 2.45) is 0 Å². The number of para-hydroxylation sites is 2. The summed E-state index contributed by atoms with van der Waals surface area (Å²) in [4.78, 5) is 31.8. The number of amides is 2. The van der Waals surface area contributed by atoms with Gasteiger partial charge < -0.3 is 20.1 Å². The number of ether oxygens (including phenoxy) is 1. The fraction of sp³-hybridized carbons (Fsp3) is 0.129. The number of aliphatic carboxylic acids is 1. The van der Waals surface area contributed by atoms with Gasteiger partial charge in [-0.3, -0.25) is 10.1 Å². The number of aromatic nitrogens is 2. The van der Waals surface area contributed by atoms with Gasteiger partial charge in [0, 0.05) is 5.69 Å². The van der Waals surface area contributed by atoms with Crippen molar-refractivity contribution >= 4 is 44.7 Å². The summed E-state index contributed by atoms with van der Waals surface area (Å²) in [5.74, 6) is -0.969. The number of nitrogens with zero attached hydrogens (tertiary/aromatic N) is 1. The van der Waals surface area contributed by atoms with Gasteiger partial charge in [0.05, 0.1) is 18.1 Å². The van der Waals surface area contributed by atoms with Crippen molar-refractivity contribution in [3.63, 3.8) is 0 Å². The molecule has 5 aromatic rings.